The lowest BCUT2D eigenvalue weighted by molar-refractivity contribution is -0.136. The number of carbonyl (C=O) groups excluding carboxylic acids is 2. The monoisotopic (exact) mass is 396 g/mol. The highest BCUT2D eigenvalue weighted by Gasteiger charge is 2.38. The van der Waals surface area contributed by atoms with E-state index in [0.29, 0.717) is 6.04 Å². The van der Waals surface area contributed by atoms with Crippen LogP contribution in [0.2, 0.25) is 0 Å². The lowest BCUT2D eigenvalue weighted by Gasteiger charge is -2.42. The van der Waals surface area contributed by atoms with Crippen LogP contribution >= 0.6 is 0 Å². The van der Waals surface area contributed by atoms with Crippen LogP contribution in [0.1, 0.15) is 35.6 Å². The Balaban J connectivity index is 1.24. The van der Waals surface area contributed by atoms with Crippen molar-refractivity contribution in [2.45, 2.75) is 37.8 Å². The predicted molar refractivity (Wildman–Crippen MR) is 118 cm³/mol. The quantitative estimate of drug-likeness (QED) is 0.614. The van der Waals surface area contributed by atoms with Crippen LogP contribution in [0.5, 0.6) is 0 Å². The van der Waals surface area contributed by atoms with Gasteiger partial charge in [0.1, 0.15) is 0 Å². The lowest BCUT2D eigenvalue weighted by Crippen LogP contribution is -2.52. The molecule has 1 amide bonds. The van der Waals surface area contributed by atoms with E-state index in [-0.39, 0.29) is 24.2 Å². The maximum atomic E-state index is 12.8. The topological polar surface area (TPSA) is 40.6 Å². The van der Waals surface area contributed by atoms with Crippen molar-refractivity contribution in [3.05, 3.63) is 77.4 Å². The number of carbonyl (C=O) groups is 2. The van der Waals surface area contributed by atoms with E-state index in [0.717, 1.165) is 43.6 Å². The molecule has 30 heavy (non-hydrogen) atoms. The zero-order valence-corrected chi connectivity index (χ0v) is 16.9. The Kier molecular flexibility index (Phi) is 4.03. The van der Waals surface area contributed by atoms with Crippen LogP contribution in [0.15, 0.2) is 60.7 Å². The smallest absolute Gasteiger partial charge is 0.294 e. The van der Waals surface area contributed by atoms with Gasteiger partial charge in [-0.2, -0.15) is 0 Å². The van der Waals surface area contributed by atoms with Gasteiger partial charge in [-0.05, 0) is 52.8 Å². The molecule has 1 fully saturated rings. The number of ketones is 1. The van der Waals surface area contributed by atoms with E-state index in [1.165, 1.54) is 21.9 Å². The van der Waals surface area contributed by atoms with Gasteiger partial charge in [-0.15, -0.1) is 0 Å². The van der Waals surface area contributed by atoms with Gasteiger partial charge in [0.05, 0.1) is 0 Å². The summed E-state index contributed by atoms with van der Waals surface area (Å²) >= 11 is 0. The SMILES string of the molecule is O=C1Cc2ccccc2N(C2CCN(C3Cc4cccc5cccc3c45)CC2)C1=O. The molecule has 2 heterocycles. The lowest BCUT2D eigenvalue weighted by atomic mass is 9.93. The Hall–Kier alpha value is -2.98. The second kappa shape index (κ2) is 6.78. The number of hydrogen-bond acceptors (Lipinski definition) is 3. The van der Waals surface area contributed by atoms with Crippen LogP contribution < -0.4 is 4.90 Å². The number of hydrogen-bond donors (Lipinski definition) is 0. The molecule has 0 spiro atoms. The highest BCUT2D eigenvalue weighted by atomic mass is 16.2. The van der Waals surface area contributed by atoms with Gasteiger partial charge in [0.25, 0.3) is 5.91 Å². The van der Waals surface area contributed by atoms with Crippen LogP contribution in [0.3, 0.4) is 0 Å². The second-order valence-corrected chi connectivity index (χ2v) is 8.75. The third-order valence-electron chi connectivity index (χ3n) is 7.16. The van der Waals surface area contributed by atoms with Crippen LogP contribution in [0, 0.1) is 0 Å². The molecule has 1 atom stereocenters. The van der Waals surface area contributed by atoms with Crippen molar-refractivity contribution in [1.29, 1.82) is 0 Å². The van der Waals surface area contributed by atoms with Crippen molar-refractivity contribution < 1.29 is 9.59 Å². The van der Waals surface area contributed by atoms with E-state index in [2.05, 4.69) is 41.3 Å². The van der Waals surface area contributed by atoms with Crippen molar-refractivity contribution >= 4 is 28.2 Å². The number of amides is 1. The Labute approximate surface area is 176 Å². The van der Waals surface area contributed by atoms with Crippen LogP contribution in [-0.4, -0.2) is 35.7 Å². The normalized spacial score (nSPS) is 22.0. The molecule has 6 rings (SSSR count). The molecule has 1 unspecified atom stereocenters. The first kappa shape index (κ1) is 17.8. The first-order chi connectivity index (χ1) is 14.7. The standard InChI is InChI=1S/C26H24N2O2/c29-24-16-18-5-1-2-10-22(18)28(26(24)30)20-11-13-27(14-12-20)23-15-19-8-3-6-17-7-4-9-21(23)25(17)19/h1-10,20,23H,11-16H2. The Morgan fingerprint density at radius 3 is 2.37 bits per heavy atom. The molecular formula is C26H24N2O2. The third-order valence-corrected chi connectivity index (χ3v) is 7.16. The van der Waals surface area contributed by atoms with Crippen LogP contribution in [0.25, 0.3) is 10.8 Å². The molecule has 0 N–H and O–H groups in total. The number of piperidine rings is 1. The number of fused-ring (bicyclic) bond motifs is 1. The molecule has 150 valence electrons. The number of anilines is 1. The summed E-state index contributed by atoms with van der Waals surface area (Å²) in [5, 5.41) is 2.76. The zero-order valence-electron chi connectivity index (χ0n) is 16.9. The average Bonchev–Trinajstić information content (AvgIpc) is 3.16. The summed E-state index contributed by atoms with van der Waals surface area (Å²) in [6.07, 6.45) is 3.09. The molecule has 1 saturated heterocycles. The Morgan fingerprint density at radius 2 is 1.53 bits per heavy atom. The minimum atomic E-state index is -0.329. The number of nitrogens with zero attached hydrogens (tertiary/aromatic N) is 2. The molecule has 0 aromatic heterocycles. The van der Waals surface area contributed by atoms with Crippen molar-refractivity contribution in [3.63, 3.8) is 0 Å². The highest BCUT2D eigenvalue weighted by molar-refractivity contribution is 6.43. The molecule has 4 heteroatoms. The molecule has 0 radical (unpaired) electrons. The molecule has 2 aliphatic heterocycles. The van der Waals surface area contributed by atoms with E-state index in [4.69, 9.17) is 0 Å². The molecule has 3 aromatic rings. The van der Waals surface area contributed by atoms with Gasteiger partial charge in [-0.1, -0.05) is 54.6 Å². The number of benzene rings is 3. The number of rotatable bonds is 2. The molecule has 0 saturated carbocycles. The van der Waals surface area contributed by atoms with E-state index in [1.54, 1.807) is 4.90 Å². The number of Topliss-reactive ketones (excluding diaryl/α,β-unsaturated/α-hetero) is 1. The van der Waals surface area contributed by atoms with Crippen molar-refractivity contribution in [2.75, 3.05) is 18.0 Å². The van der Waals surface area contributed by atoms with Crippen molar-refractivity contribution in [1.82, 2.24) is 4.90 Å². The van der Waals surface area contributed by atoms with E-state index >= 15 is 0 Å². The fraction of sp³-hybridized carbons (Fsp3) is 0.308. The van der Waals surface area contributed by atoms with Gasteiger partial charge in [0.15, 0.2) is 0 Å². The fourth-order valence-electron chi connectivity index (χ4n) is 5.75. The van der Waals surface area contributed by atoms with E-state index in [1.807, 2.05) is 24.3 Å². The number of likely N-dealkylation sites (tertiary alicyclic amines) is 1. The Bertz CT molecular complexity index is 1170. The minimum absolute atomic E-state index is 0.0960. The third kappa shape index (κ3) is 2.63. The van der Waals surface area contributed by atoms with E-state index in [9.17, 15) is 9.59 Å². The van der Waals surface area contributed by atoms with Crippen LogP contribution in [-0.2, 0) is 22.4 Å². The second-order valence-electron chi connectivity index (χ2n) is 8.75. The minimum Gasteiger partial charge on any atom is -0.302 e. The summed E-state index contributed by atoms with van der Waals surface area (Å²) < 4.78 is 0. The van der Waals surface area contributed by atoms with Gasteiger partial charge in [0, 0.05) is 37.3 Å². The predicted octanol–water partition coefficient (Wildman–Crippen LogP) is 4.06. The first-order valence-corrected chi connectivity index (χ1v) is 10.9. The molecular weight excluding hydrogens is 372 g/mol. The van der Waals surface area contributed by atoms with E-state index < -0.39 is 0 Å². The summed E-state index contributed by atoms with van der Waals surface area (Å²) in [7, 11) is 0. The summed E-state index contributed by atoms with van der Waals surface area (Å²) in [5.41, 5.74) is 4.79. The zero-order chi connectivity index (χ0) is 20.2. The highest BCUT2D eigenvalue weighted by Crippen LogP contribution is 2.41. The molecule has 3 aromatic carbocycles. The number of para-hydroxylation sites is 1. The largest absolute Gasteiger partial charge is 0.302 e. The van der Waals surface area contributed by atoms with Gasteiger partial charge < -0.3 is 4.90 Å². The summed E-state index contributed by atoms with van der Waals surface area (Å²) in [5.74, 6) is -0.612. The van der Waals surface area contributed by atoms with Gasteiger partial charge in [-0.25, -0.2) is 0 Å². The average molecular weight is 396 g/mol. The van der Waals surface area contributed by atoms with Gasteiger partial charge >= 0.3 is 0 Å². The Morgan fingerprint density at radius 1 is 0.800 bits per heavy atom. The molecule has 3 aliphatic rings. The summed E-state index contributed by atoms with van der Waals surface area (Å²) in [6, 6.07) is 21.6. The summed E-state index contributed by atoms with van der Waals surface area (Å²) in [4.78, 5) is 29.4. The first-order valence-electron chi connectivity index (χ1n) is 10.9. The van der Waals surface area contributed by atoms with Crippen LogP contribution in [0.4, 0.5) is 5.69 Å². The van der Waals surface area contributed by atoms with Gasteiger partial charge in [0.2, 0.25) is 5.78 Å². The fourth-order valence-corrected chi connectivity index (χ4v) is 5.75. The molecule has 4 nitrogen and oxygen atoms in total. The summed E-state index contributed by atoms with van der Waals surface area (Å²) in [6.45, 7) is 1.89. The maximum absolute atomic E-state index is 12.8. The van der Waals surface area contributed by atoms with Crippen molar-refractivity contribution in [2.24, 2.45) is 0 Å². The molecule has 0 bridgehead atoms. The van der Waals surface area contributed by atoms with Gasteiger partial charge in [-0.3, -0.25) is 14.5 Å². The molecule has 1 aliphatic carbocycles. The van der Waals surface area contributed by atoms with Crippen molar-refractivity contribution in [3.8, 4) is 0 Å². The maximum Gasteiger partial charge on any atom is 0.294 e.